The molecule has 4 rings (SSSR count). The van der Waals surface area contributed by atoms with Crippen molar-refractivity contribution in [3.8, 4) is 17.2 Å². The fourth-order valence-corrected chi connectivity index (χ4v) is 2.79. The summed E-state index contributed by atoms with van der Waals surface area (Å²) < 4.78 is 13.3. The maximum absolute atomic E-state index is 11.7. The first-order valence-corrected chi connectivity index (χ1v) is 8.46. The summed E-state index contributed by atoms with van der Waals surface area (Å²) in [5.41, 5.74) is 0.105. The van der Waals surface area contributed by atoms with Gasteiger partial charge in [0.2, 0.25) is 0 Å². The van der Waals surface area contributed by atoms with Gasteiger partial charge in [0.15, 0.2) is 11.5 Å². The summed E-state index contributed by atoms with van der Waals surface area (Å²) in [6, 6.07) is 16.4. The predicted molar refractivity (Wildman–Crippen MR) is 102 cm³/mol. The summed E-state index contributed by atoms with van der Waals surface area (Å²) in [6.45, 7) is 0.554. The van der Waals surface area contributed by atoms with Gasteiger partial charge in [-0.1, -0.05) is 18.2 Å². The monoisotopic (exact) mass is 363 g/mol. The highest BCUT2D eigenvalue weighted by atomic mass is 16.5. The highest BCUT2D eigenvalue weighted by Gasteiger charge is 2.09. The lowest BCUT2D eigenvalue weighted by Crippen LogP contribution is -2.30. The Morgan fingerprint density at radius 1 is 0.889 bits per heavy atom. The molecule has 0 atom stereocenters. The highest BCUT2D eigenvalue weighted by Crippen LogP contribution is 2.34. The van der Waals surface area contributed by atoms with Crippen LogP contribution in [0.2, 0.25) is 0 Å². The van der Waals surface area contributed by atoms with Gasteiger partial charge in [0.25, 0.3) is 5.56 Å². The first kappa shape index (κ1) is 16.7. The van der Waals surface area contributed by atoms with Crippen molar-refractivity contribution in [2.45, 2.75) is 6.54 Å². The molecule has 7 heteroatoms. The number of hydrogen-bond acceptors (Lipinski definition) is 4. The zero-order valence-corrected chi connectivity index (χ0v) is 14.3. The summed E-state index contributed by atoms with van der Waals surface area (Å²) >= 11 is 0. The number of hydrogen-bond donors (Lipinski definition) is 2. The minimum Gasteiger partial charge on any atom is -0.488 e. The summed E-state index contributed by atoms with van der Waals surface area (Å²) in [5, 5.41) is 0.979. The molecule has 0 aliphatic heterocycles. The molecule has 0 aliphatic carbocycles. The zero-order valence-electron chi connectivity index (χ0n) is 14.3. The molecular weight excluding hydrogens is 346 g/mol. The molecule has 0 amide bonds. The predicted octanol–water partition coefficient (Wildman–Crippen LogP) is 2.89. The summed E-state index contributed by atoms with van der Waals surface area (Å²) in [6.07, 6.45) is 3.31. The Balaban J connectivity index is 1.50. The summed E-state index contributed by atoms with van der Waals surface area (Å²) in [5.74, 6) is 1.88. The molecule has 2 N–H and O–H groups in total. The maximum atomic E-state index is 11.7. The third-order valence-corrected chi connectivity index (χ3v) is 4.11. The van der Waals surface area contributed by atoms with Crippen molar-refractivity contribution < 1.29 is 9.47 Å². The van der Waals surface area contributed by atoms with E-state index in [0.29, 0.717) is 18.0 Å². The number of H-pyrrole nitrogens is 2. The van der Waals surface area contributed by atoms with Gasteiger partial charge in [-0.05, 0) is 30.3 Å². The molecule has 2 heterocycles. The van der Waals surface area contributed by atoms with Crippen LogP contribution < -0.4 is 20.7 Å². The molecule has 0 bridgehead atoms. The van der Waals surface area contributed by atoms with Crippen LogP contribution in [0.5, 0.6) is 17.2 Å². The molecule has 7 nitrogen and oxygen atoms in total. The molecule has 0 unspecified atom stereocenters. The minimum atomic E-state index is -0.463. The van der Waals surface area contributed by atoms with Gasteiger partial charge in [0.05, 0.1) is 6.54 Å². The first-order valence-electron chi connectivity index (χ1n) is 8.46. The highest BCUT2D eigenvalue weighted by molar-refractivity contribution is 5.86. The second-order valence-corrected chi connectivity index (χ2v) is 5.90. The van der Waals surface area contributed by atoms with Crippen LogP contribution in [0, 0.1) is 0 Å². The standard InChI is InChI=1S/C20H17N3O4/c24-19-9-11-23(20(25)22-19)12-13-26-17-5-1-2-6-18(17)27-16-7-3-4-15-14(16)8-10-21-15/h1-11,21H,12-13H2,(H,22,24,25). The Bertz CT molecular complexity index is 1190. The third-order valence-electron chi connectivity index (χ3n) is 4.11. The lowest BCUT2D eigenvalue weighted by Gasteiger charge is -2.13. The second kappa shape index (κ2) is 7.25. The number of nitrogens with one attached hydrogen (secondary N) is 2. The van der Waals surface area contributed by atoms with Crippen LogP contribution in [-0.2, 0) is 6.54 Å². The maximum Gasteiger partial charge on any atom is 0.328 e. The summed E-state index contributed by atoms with van der Waals surface area (Å²) in [7, 11) is 0. The van der Waals surface area contributed by atoms with E-state index in [0.717, 1.165) is 16.7 Å². The van der Waals surface area contributed by atoms with Crippen LogP contribution in [0.4, 0.5) is 0 Å². The molecule has 0 spiro atoms. The molecule has 0 aliphatic rings. The van der Waals surface area contributed by atoms with Crippen molar-refractivity contribution >= 4 is 10.9 Å². The van der Waals surface area contributed by atoms with Crippen LogP contribution >= 0.6 is 0 Å². The Morgan fingerprint density at radius 3 is 2.56 bits per heavy atom. The third kappa shape index (κ3) is 3.62. The first-order chi connectivity index (χ1) is 13.2. The van der Waals surface area contributed by atoms with Gasteiger partial charge in [-0.2, -0.15) is 0 Å². The van der Waals surface area contributed by atoms with Gasteiger partial charge in [0, 0.05) is 29.4 Å². The van der Waals surface area contributed by atoms with Crippen LogP contribution in [0.1, 0.15) is 0 Å². The van der Waals surface area contributed by atoms with Crippen molar-refractivity contribution in [3.05, 3.63) is 87.8 Å². The van der Waals surface area contributed by atoms with E-state index in [1.165, 1.54) is 16.8 Å². The Labute approximate surface area is 153 Å². The number of ether oxygens (including phenoxy) is 2. The molecule has 2 aromatic heterocycles. The van der Waals surface area contributed by atoms with Gasteiger partial charge in [0.1, 0.15) is 12.4 Å². The topological polar surface area (TPSA) is 89.1 Å². The fraction of sp³-hybridized carbons (Fsp3) is 0.100. The molecule has 4 aromatic rings. The number of benzene rings is 2. The number of rotatable bonds is 6. The molecule has 0 saturated heterocycles. The van der Waals surface area contributed by atoms with Crippen molar-refractivity contribution in [1.82, 2.24) is 14.5 Å². The number of nitrogens with zero attached hydrogens (tertiary/aromatic N) is 1. The smallest absolute Gasteiger partial charge is 0.328 e. The van der Waals surface area contributed by atoms with Crippen LogP contribution in [0.15, 0.2) is 76.6 Å². The molecule has 136 valence electrons. The number of fused-ring (bicyclic) bond motifs is 1. The van der Waals surface area contributed by atoms with E-state index in [-0.39, 0.29) is 6.61 Å². The van der Waals surface area contributed by atoms with Crippen LogP contribution in [0.25, 0.3) is 10.9 Å². The average molecular weight is 363 g/mol. The van der Waals surface area contributed by atoms with Gasteiger partial charge in [-0.25, -0.2) is 4.79 Å². The Kier molecular flexibility index (Phi) is 4.49. The van der Waals surface area contributed by atoms with Gasteiger partial charge in [-0.15, -0.1) is 0 Å². The molecule has 27 heavy (non-hydrogen) atoms. The van der Waals surface area contributed by atoms with Gasteiger partial charge >= 0.3 is 5.69 Å². The van der Waals surface area contributed by atoms with E-state index in [2.05, 4.69) is 9.97 Å². The van der Waals surface area contributed by atoms with Crippen molar-refractivity contribution in [2.75, 3.05) is 6.61 Å². The van der Waals surface area contributed by atoms with E-state index < -0.39 is 11.2 Å². The number of para-hydroxylation sites is 2. The normalized spacial score (nSPS) is 10.8. The van der Waals surface area contributed by atoms with E-state index in [9.17, 15) is 9.59 Å². The van der Waals surface area contributed by atoms with Crippen molar-refractivity contribution in [2.24, 2.45) is 0 Å². The van der Waals surface area contributed by atoms with E-state index in [1.54, 1.807) is 0 Å². The minimum absolute atomic E-state index is 0.251. The quantitative estimate of drug-likeness (QED) is 0.551. The molecule has 0 fully saturated rings. The number of aromatic amines is 2. The van der Waals surface area contributed by atoms with E-state index >= 15 is 0 Å². The molecule has 0 saturated carbocycles. The SMILES string of the molecule is O=c1ccn(CCOc2ccccc2Oc2cccc3[nH]ccc23)c(=O)[nH]1. The Morgan fingerprint density at radius 2 is 1.70 bits per heavy atom. The average Bonchev–Trinajstić information content (AvgIpc) is 3.15. The lowest BCUT2D eigenvalue weighted by atomic mass is 10.2. The Hall–Kier alpha value is -3.74. The van der Waals surface area contributed by atoms with Crippen LogP contribution in [-0.4, -0.2) is 21.1 Å². The molecular formula is C20H17N3O4. The molecule has 2 aromatic carbocycles. The van der Waals surface area contributed by atoms with E-state index in [1.807, 2.05) is 54.7 Å². The fourth-order valence-electron chi connectivity index (χ4n) is 2.79. The zero-order chi connectivity index (χ0) is 18.6. The summed E-state index contributed by atoms with van der Waals surface area (Å²) in [4.78, 5) is 28.2. The second-order valence-electron chi connectivity index (χ2n) is 5.90. The molecule has 0 radical (unpaired) electrons. The van der Waals surface area contributed by atoms with Crippen molar-refractivity contribution in [1.29, 1.82) is 0 Å². The van der Waals surface area contributed by atoms with Gasteiger partial charge < -0.3 is 14.5 Å². The lowest BCUT2D eigenvalue weighted by molar-refractivity contribution is 0.283. The van der Waals surface area contributed by atoms with E-state index in [4.69, 9.17) is 9.47 Å². The largest absolute Gasteiger partial charge is 0.488 e. The van der Waals surface area contributed by atoms with Crippen molar-refractivity contribution in [3.63, 3.8) is 0 Å². The van der Waals surface area contributed by atoms with Gasteiger partial charge in [-0.3, -0.25) is 14.3 Å². The number of aromatic nitrogens is 3. The van der Waals surface area contributed by atoms with Crippen LogP contribution in [0.3, 0.4) is 0 Å².